The van der Waals surface area contributed by atoms with Gasteiger partial charge in [0.05, 0.1) is 12.6 Å². The maximum Gasteiger partial charge on any atom is 0.315 e. The molecule has 41 heavy (non-hydrogen) atoms. The third-order valence-corrected chi connectivity index (χ3v) is 11.4. The number of aromatic nitrogens is 3. The molecule has 3 amide bonds. The molecule has 4 heterocycles. The second-order valence-corrected chi connectivity index (χ2v) is 12.5. The minimum Gasteiger partial charge on any atom is -0.426 e. The number of rotatable bonds is 7. The van der Waals surface area contributed by atoms with Crippen LogP contribution in [0.2, 0.25) is 0 Å². The van der Waals surface area contributed by atoms with Gasteiger partial charge in [-0.2, -0.15) is 5.10 Å². The number of hydrogen-bond donors (Lipinski definition) is 3. The highest BCUT2D eigenvalue weighted by Crippen LogP contribution is 3.10. The van der Waals surface area contributed by atoms with Crippen molar-refractivity contribution in [1.29, 1.82) is 0 Å². The standard InChI is InChI=1S/C29H23N7O5/c37-17-9-31-27(35-17)29-22-19-23(29)21-24(29)20(22)28(19,21)10-32-26(40)14-7-13(34-16-3-4-33-36(14)16)25(39)30-8-11-1-2-15-12(5-11)6-18(38)41-15/h1-5,7,19-24H,6,8-10H2,(H,30,39)(H,32,40)(H,31,35,37). The Morgan fingerprint density at radius 2 is 1.83 bits per heavy atom. The Labute approximate surface area is 231 Å². The van der Waals surface area contributed by atoms with Gasteiger partial charge < -0.3 is 20.7 Å². The van der Waals surface area contributed by atoms with Crippen molar-refractivity contribution in [2.45, 2.75) is 13.0 Å². The smallest absolute Gasteiger partial charge is 0.315 e. The topological polar surface area (TPSA) is 156 Å². The van der Waals surface area contributed by atoms with Crippen LogP contribution in [0.5, 0.6) is 5.75 Å². The van der Waals surface area contributed by atoms with Crippen LogP contribution in [0.25, 0.3) is 5.65 Å². The number of amides is 3. The largest absolute Gasteiger partial charge is 0.426 e. The molecule has 11 rings (SSSR count). The number of hydrogen-bond acceptors (Lipinski definition) is 8. The fourth-order valence-electron chi connectivity index (χ4n) is 10.3. The molecule has 2 aliphatic heterocycles. The Bertz CT molecular complexity index is 1810. The summed E-state index contributed by atoms with van der Waals surface area (Å²) in [5.41, 5.74) is 2.74. The van der Waals surface area contributed by atoms with E-state index in [0.29, 0.717) is 53.4 Å². The quantitative estimate of drug-likeness (QED) is 0.279. The number of nitrogens with one attached hydrogen (secondary N) is 3. The summed E-state index contributed by atoms with van der Waals surface area (Å²) in [6.07, 6.45) is 1.77. The lowest BCUT2D eigenvalue weighted by Gasteiger charge is -3.11. The molecule has 12 heteroatoms. The molecule has 6 saturated carbocycles. The molecule has 8 aliphatic rings. The lowest BCUT2D eigenvalue weighted by Crippen LogP contribution is -3.12. The highest BCUT2D eigenvalue weighted by molar-refractivity contribution is 6.10. The van der Waals surface area contributed by atoms with Gasteiger partial charge in [0, 0.05) is 36.2 Å². The number of carbonyl (C=O) groups excluding carboxylic acids is 4. The molecule has 6 fully saturated rings. The molecule has 0 unspecified atom stereocenters. The molecular weight excluding hydrogens is 526 g/mol. The van der Waals surface area contributed by atoms with E-state index < -0.39 is 5.91 Å². The van der Waals surface area contributed by atoms with Crippen LogP contribution in [0.15, 0.2) is 41.5 Å². The van der Waals surface area contributed by atoms with E-state index in [1.807, 2.05) is 6.07 Å². The first-order chi connectivity index (χ1) is 19.9. The van der Waals surface area contributed by atoms with Gasteiger partial charge in [-0.1, -0.05) is 6.07 Å². The molecule has 6 aliphatic carbocycles. The van der Waals surface area contributed by atoms with Crippen LogP contribution in [-0.4, -0.2) is 57.2 Å². The molecule has 204 valence electrons. The third kappa shape index (κ3) is 2.25. The molecule has 12 nitrogen and oxygen atoms in total. The van der Waals surface area contributed by atoms with E-state index in [2.05, 4.69) is 31.0 Å². The zero-order valence-corrected chi connectivity index (χ0v) is 21.6. The SMILES string of the molecule is O=C1CN=C(C23C4C5C2C2C3C4C52CNC(=O)c2cc(C(=O)NCc3ccc4c(c3)CC(=O)O4)nc3ccnn23)N1. The molecule has 2 aromatic heterocycles. The van der Waals surface area contributed by atoms with Crippen molar-refractivity contribution in [3.63, 3.8) is 0 Å². The van der Waals surface area contributed by atoms with Crippen LogP contribution < -0.4 is 20.7 Å². The minimum absolute atomic E-state index is 0.00186. The number of carbonyl (C=O) groups is 4. The number of benzene rings is 1. The number of fused-ring (bicyclic) bond motifs is 2. The van der Waals surface area contributed by atoms with Gasteiger partial charge in [-0.05, 0) is 58.6 Å². The highest BCUT2D eigenvalue weighted by Gasteiger charge is 3.10. The van der Waals surface area contributed by atoms with Gasteiger partial charge in [0.15, 0.2) is 5.65 Å². The van der Waals surface area contributed by atoms with Gasteiger partial charge in [0.25, 0.3) is 11.8 Å². The van der Waals surface area contributed by atoms with E-state index in [1.165, 1.54) is 10.6 Å². The van der Waals surface area contributed by atoms with Gasteiger partial charge >= 0.3 is 5.97 Å². The summed E-state index contributed by atoms with van der Waals surface area (Å²) in [6, 6.07) is 8.51. The molecule has 1 aromatic carbocycles. The van der Waals surface area contributed by atoms with Gasteiger partial charge in [-0.15, -0.1) is 0 Å². The summed E-state index contributed by atoms with van der Waals surface area (Å²) in [4.78, 5) is 58.7. The van der Waals surface area contributed by atoms with Crippen molar-refractivity contribution >= 4 is 35.2 Å². The molecule has 3 N–H and O–H groups in total. The first-order valence-electron chi connectivity index (χ1n) is 14.0. The predicted octanol–water partition coefficient (Wildman–Crippen LogP) is 0.117. The van der Waals surface area contributed by atoms with Crippen molar-refractivity contribution in [2.75, 3.05) is 13.1 Å². The van der Waals surface area contributed by atoms with E-state index in [1.54, 1.807) is 24.4 Å². The summed E-state index contributed by atoms with van der Waals surface area (Å²) < 4.78 is 6.59. The van der Waals surface area contributed by atoms with E-state index in [4.69, 9.17) is 4.74 Å². The second kappa shape index (κ2) is 6.81. The normalized spacial score (nSPS) is 36.8. The summed E-state index contributed by atoms with van der Waals surface area (Å²) in [6.45, 7) is 1.10. The van der Waals surface area contributed by atoms with Crippen molar-refractivity contribution in [3.05, 3.63) is 59.0 Å². The summed E-state index contributed by atoms with van der Waals surface area (Å²) in [5, 5.41) is 13.3. The number of aliphatic imine (C=N–C) groups is 1. The zero-order valence-electron chi connectivity index (χ0n) is 21.6. The number of ether oxygens (including phenoxy) is 1. The summed E-state index contributed by atoms with van der Waals surface area (Å²) in [5.74, 6) is 4.13. The maximum atomic E-state index is 13.5. The minimum atomic E-state index is -0.413. The molecule has 0 spiro atoms. The number of nitrogens with zero attached hydrogens (tertiary/aromatic N) is 4. The molecular formula is C29H23N7O5. The number of esters is 1. The fourth-order valence-corrected chi connectivity index (χ4v) is 10.3. The highest BCUT2D eigenvalue weighted by atomic mass is 16.5. The average molecular weight is 550 g/mol. The lowest BCUT2D eigenvalue weighted by molar-refractivity contribution is -0.635. The Morgan fingerprint density at radius 3 is 2.59 bits per heavy atom. The first-order valence-corrected chi connectivity index (χ1v) is 14.0. The van der Waals surface area contributed by atoms with Crippen LogP contribution in [-0.2, 0) is 22.6 Å². The van der Waals surface area contributed by atoms with Crippen LogP contribution in [0.1, 0.15) is 32.1 Å². The van der Waals surface area contributed by atoms with Crippen LogP contribution in [0, 0.1) is 46.3 Å². The molecule has 0 radical (unpaired) electrons. The van der Waals surface area contributed by atoms with Gasteiger partial charge in [-0.3, -0.25) is 24.2 Å². The average Bonchev–Trinajstić information content (AvgIpc) is 3.72. The first kappa shape index (κ1) is 22.1. The van der Waals surface area contributed by atoms with Crippen LogP contribution in [0.3, 0.4) is 0 Å². The van der Waals surface area contributed by atoms with E-state index in [-0.39, 0.29) is 59.5 Å². The summed E-state index contributed by atoms with van der Waals surface area (Å²) in [7, 11) is 0. The zero-order chi connectivity index (χ0) is 27.4. The van der Waals surface area contributed by atoms with E-state index in [9.17, 15) is 19.2 Å². The summed E-state index contributed by atoms with van der Waals surface area (Å²) >= 11 is 0. The van der Waals surface area contributed by atoms with E-state index >= 15 is 0 Å². The fraction of sp³-hybridized carbons (Fsp3) is 0.414. The van der Waals surface area contributed by atoms with Crippen molar-refractivity contribution in [2.24, 2.45) is 51.3 Å². The lowest BCUT2D eigenvalue weighted by atomic mass is 8.92. The Kier molecular flexibility index (Phi) is 3.68. The van der Waals surface area contributed by atoms with Crippen molar-refractivity contribution in [1.82, 2.24) is 30.5 Å². The predicted molar refractivity (Wildman–Crippen MR) is 139 cm³/mol. The van der Waals surface area contributed by atoms with Crippen molar-refractivity contribution in [3.8, 4) is 5.75 Å². The molecule has 3 aromatic rings. The van der Waals surface area contributed by atoms with Gasteiger partial charge in [0.2, 0.25) is 5.91 Å². The third-order valence-electron chi connectivity index (χ3n) is 11.4. The molecule has 0 atom stereocenters. The molecule has 0 bridgehead atoms. The van der Waals surface area contributed by atoms with Crippen LogP contribution >= 0.6 is 0 Å². The Morgan fingerprint density at radius 1 is 1.02 bits per heavy atom. The Hall–Kier alpha value is -4.61. The van der Waals surface area contributed by atoms with E-state index in [0.717, 1.165) is 17.0 Å². The van der Waals surface area contributed by atoms with Crippen molar-refractivity contribution < 1.29 is 23.9 Å². The molecule has 0 saturated heterocycles. The maximum absolute atomic E-state index is 13.5. The monoisotopic (exact) mass is 549 g/mol. The van der Waals surface area contributed by atoms with Gasteiger partial charge in [0.1, 0.15) is 29.5 Å². The van der Waals surface area contributed by atoms with Gasteiger partial charge in [-0.25, -0.2) is 9.50 Å². The van der Waals surface area contributed by atoms with Crippen LogP contribution in [0.4, 0.5) is 0 Å². The number of amidine groups is 1. The second-order valence-electron chi connectivity index (χ2n) is 12.5. The Balaban J connectivity index is 0.840.